The number of nitrogens with one attached hydrogen (secondary N) is 1. The summed E-state index contributed by atoms with van der Waals surface area (Å²) in [4.78, 5) is 24.8. The van der Waals surface area contributed by atoms with Crippen molar-refractivity contribution in [3.05, 3.63) is 33.9 Å². The van der Waals surface area contributed by atoms with Crippen LogP contribution in [0.5, 0.6) is 5.75 Å². The number of carbonyl (C=O) groups is 2. The highest BCUT2D eigenvalue weighted by Crippen LogP contribution is 2.34. The number of nitrogens with zero attached hydrogens (tertiary/aromatic N) is 1. The van der Waals surface area contributed by atoms with Crippen LogP contribution in [-0.2, 0) is 9.59 Å². The number of aliphatic hydroxyl groups is 1. The molecule has 0 radical (unpaired) electrons. The largest absolute Gasteiger partial charge is 0.494 e. The van der Waals surface area contributed by atoms with E-state index in [1.165, 1.54) is 13.2 Å². The van der Waals surface area contributed by atoms with Gasteiger partial charge in [-0.15, -0.1) is 0 Å². The fourth-order valence-electron chi connectivity index (χ4n) is 2.08. The van der Waals surface area contributed by atoms with Crippen molar-refractivity contribution in [3.8, 4) is 5.75 Å². The minimum Gasteiger partial charge on any atom is -0.494 e. The van der Waals surface area contributed by atoms with Crippen molar-refractivity contribution >= 4 is 33.4 Å². The first-order valence-electron chi connectivity index (χ1n) is 6.28. The number of anilines is 1. The Labute approximate surface area is 130 Å². The summed E-state index contributed by atoms with van der Waals surface area (Å²) >= 11 is 3.41. The molecule has 0 unspecified atom stereocenters. The maximum atomic E-state index is 12.1. The molecule has 0 spiro atoms. The van der Waals surface area contributed by atoms with Gasteiger partial charge in [0.05, 0.1) is 25.9 Å². The molecule has 1 aromatic carbocycles. The van der Waals surface area contributed by atoms with E-state index in [9.17, 15) is 9.59 Å². The summed E-state index contributed by atoms with van der Waals surface area (Å²) in [7, 11) is 1.54. The monoisotopic (exact) mass is 354 g/mol. The van der Waals surface area contributed by atoms with Crippen LogP contribution in [0.3, 0.4) is 0 Å². The second-order valence-corrected chi connectivity index (χ2v) is 5.31. The van der Waals surface area contributed by atoms with Crippen LogP contribution in [0.1, 0.15) is 5.56 Å². The molecule has 2 N–H and O–H groups in total. The van der Waals surface area contributed by atoms with Crippen LogP contribution in [0, 0.1) is 6.92 Å². The number of imide groups is 1. The number of ether oxygens (including phenoxy) is 1. The van der Waals surface area contributed by atoms with Gasteiger partial charge in [-0.2, -0.15) is 0 Å². The van der Waals surface area contributed by atoms with Gasteiger partial charge in [-0.25, -0.2) is 0 Å². The standard InChI is InChI=1S/C14H15BrN2O4/c1-8-9(15)3-4-10(13(8)21-2)16-11-7-12(19)17(5-6-18)14(11)20/h3-4,7,16,18H,5-6H2,1-2H3. The predicted octanol–water partition coefficient (Wildman–Crippen LogP) is 1.42. The molecule has 112 valence electrons. The minimum atomic E-state index is -0.461. The van der Waals surface area contributed by atoms with Crippen LogP contribution >= 0.6 is 15.9 Å². The summed E-state index contributed by atoms with van der Waals surface area (Å²) < 4.78 is 6.22. The number of β-amino-alcohol motifs (C(OH)–C–C–N with tert-alkyl or cyclic N) is 1. The van der Waals surface area contributed by atoms with Crippen molar-refractivity contribution in [2.24, 2.45) is 0 Å². The molecule has 6 nitrogen and oxygen atoms in total. The lowest BCUT2D eigenvalue weighted by Gasteiger charge is -2.16. The van der Waals surface area contributed by atoms with Crippen LogP contribution in [0.15, 0.2) is 28.4 Å². The summed E-state index contributed by atoms with van der Waals surface area (Å²) in [5.41, 5.74) is 1.64. The summed E-state index contributed by atoms with van der Waals surface area (Å²) in [5.74, 6) is -0.313. The van der Waals surface area contributed by atoms with Gasteiger partial charge >= 0.3 is 0 Å². The Morgan fingerprint density at radius 2 is 2.10 bits per heavy atom. The Bertz CT molecular complexity index is 628. The van der Waals surface area contributed by atoms with Crippen molar-refractivity contribution in [3.63, 3.8) is 0 Å². The number of hydrogen-bond acceptors (Lipinski definition) is 5. The van der Waals surface area contributed by atoms with E-state index in [4.69, 9.17) is 9.84 Å². The minimum absolute atomic E-state index is 0.0180. The molecule has 0 aliphatic carbocycles. The van der Waals surface area contributed by atoms with E-state index in [2.05, 4.69) is 21.2 Å². The first-order chi connectivity index (χ1) is 9.99. The SMILES string of the molecule is COc1c(NC2=CC(=O)N(CCO)C2=O)ccc(Br)c1C. The van der Waals surface area contributed by atoms with Gasteiger partial charge in [0.25, 0.3) is 11.8 Å². The molecule has 0 atom stereocenters. The van der Waals surface area contributed by atoms with Gasteiger partial charge in [0.15, 0.2) is 0 Å². The van der Waals surface area contributed by atoms with E-state index in [-0.39, 0.29) is 18.8 Å². The van der Waals surface area contributed by atoms with Crippen LogP contribution in [-0.4, -0.2) is 42.1 Å². The summed E-state index contributed by atoms with van der Waals surface area (Å²) in [5, 5.41) is 11.8. The highest BCUT2D eigenvalue weighted by Gasteiger charge is 2.31. The van der Waals surface area contributed by atoms with Gasteiger partial charge in [-0.1, -0.05) is 15.9 Å². The molecule has 21 heavy (non-hydrogen) atoms. The second-order valence-electron chi connectivity index (χ2n) is 4.45. The Morgan fingerprint density at radius 1 is 1.38 bits per heavy atom. The lowest BCUT2D eigenvalue weighted by atomic mass is 10.2. The fourth-order valence-corrected chi connectivity index (χ4v) is 2.40. The maximum Gasteiger partial charge on any atom is 0.277 e. The smallest absolute Gasteiger partial charge is 0.277 e. The highest BCUT2D eigenvalue weighted by molar-refractivity contribution is 9.10. The lowest BCUT2D eigenvalue weighted by Crippen LogP contribution is -2.34. The van der Waals surface area contributed by atoms with Crippen molar-refractivity contribution in [1.82, 2.24) is 4.90 Å². The zero-order chi connectivity index (χ0) is 15.6. The molecule has 0 saturated carbocycles. The molecule has 2 rings (SSSR count). The van der Waals surface area contributed by atoms with Crippen LogP contribution in [0.4, 0.5) is 5.69 Å². The Hall–Kier alpha value is -1.86. The zero-order valence-corrected chi connectivity index (χ0v) is 13.2. The number of benzene rings is 1. The molecule has 1 aromatic rings. The molecular formula is C14H15BrN2O4. The molecule has 0 bridgehead atoms. The quantitative estimate of drug-likeness (QED) is 0.782. The molecular weight excluding hydrogens is 340 g/mol. The Kier molecular flexibility index (Phi) is 4.64. The third-order valence-electron chi connectivity index (χ3n) is 3.15. The van der Waals surface area contributed by atoms with Gasteiger partial charge in [-0.3, -0.25) is 14.5 Å². The van der Waals surface area contributed by atoms with Crippen molar-refractivity contribution in [1.29, 1.82) is 0 Å². The van der Waals surface area contributed by atoms with Gasteiger partial charge in [-0.05, 0) is 19.1 Å². The number of methoxy groups -OCH3 is 1. The molecule has 1 aliphatic rings. The van der Waals surface area contributed by atoms with Gasteiger partial charge in [0.1, 0.15) is 11.4 Å². The first kappa shape index (κ1) is 15.5. The average molecular weight is 355 g/mol. The van der Waals surface area contributed by atoms with Crippen molar-refractivity contribution in [2.45, 2.75) is 6.92 Å². The van der Waals surface area contributed by atoms with Crippen LogP contribution < -0.4 is 10.1 Å². The number of aliphatic hydroxyl groups excluding tert-OH is 1. The molecule has 0 fully saturated rings. The van der Waals surface area contributed by atoms with Crippen molar-refractivity contribution < 1.29 is 19.4 Å². The Balaban J connectivity index is 2.28. The third-order valence-corrected chi connectivity index (χ3v) is 4.01. The van der Waals surface area contributed by atoms with E-state index in [0.717, 1.165) is 14.9 Å². The maximum absolute atomic E-state index is 12.1. The van der Waals surface area contributed by atoms with Crippen LogP contribution in [0.25, 0.3) is 0 Å². The number of rotatable bonds is 5. The fraction of sp³-hybridized carbons (Fsp3) is 0.286. The van der Waals surface area contributed by atoms with Gasteiger partial charge < -0.3 is 15.2 Å². The number of amides is 2. The molecule has 0 saturated heterocycles. The van der Waals surface area contributed by atoms with Crippen LogP contribution in [0.2, 0.25) is 0 Å². The number of carbonyl (C=O) groups excluding carboxylic acids is 2. The first-order valence-corrected chi connectivity index (χ1v) is 7.07. The topological polar surface area (TPSA) is 78.9 Å². The summed E-state index contributed by atoms with van der Waals surface area (Å²) in [6.07, 6.45) is 1.22. The zero-order valence-electron chi connectivity index (χ0n) is 11.6. The molecule has 0 aromatic heterocycles. The molecule has 1 heterocycles. The average Bonchev–Trinajstić information content (AvgIpc) is 2.71. The van der Waals surface area contributed by atoms with Gasteiger partial charge in [0, 0.05) is 16.1 Å². The molecule has 7 heteroatoms. The van der Waals surface area contributed by atoms with E-state index in [0.29, 0.717) is 11.4 Å². The van der Waals surface area contributed by atoms with Gasteiger partial charge in [0.2, 0.25) is 0 Å². The normalized spacial score (nSPS) is 14.5. The van der Waals surface area contributed by atoms with E-state index < -0.39 is 11.8 Å². The van der Waals surface area contributed by atoms with E-state index in [1.54, 1.807) is 6.07 Å². The summed E-state index contributed by atoms with van der Waals surface area (Å²) in [6, 6.07) is 3.58. The second kappa shape index (κ2) is 6.28. The number of hydrogen-bond donors (Lipinski definition) is 2. The lowest BCUT2D eigenvalue weighted by molar-refractivity contribution is -0.137. The highest BCUT2D eigenvalue weighted by atomic mass is 79.9. The number of halogens is 1. The van der Waals surface area contributed by atoms with Crippen molar-refractivity contribution in [2.75, 3.05) is 25.6 Å². The van der Waals surface area contributed by atoms with E-state index in [1.807, 2.05) is 13.0 Å². The third kappa shape index (κ3) is 2.93. The Morgan fingerprint density at radius 3 is 2.71 bits per heavy atom. The molecule has 2 amide bonds. The predicted molar refractivity (Wildman–Crippen MR) is 80.9 cm³/mol. The molecule has 1 aliphatic heterocycles. The van der Waals surface area contributed by atoms with E-state index >= 15 is 0 Å². The summed E-state index contributed by atoms with van der Waals surface area (Å²) in [6.45, 7) is 1.59.